The molecule has 2 aromatic rings. The first-order valence-electron chi connectivity index (χ1n) is 5.60. The van der Waals surface area contributed by atoms with Gasteiger partial charge in [0.05, 0.1) is 5.02 Å². The molecule has 0 aliphatic rings. The molecule has 0 aliphatic carbocycles. The molecule has 1 unspecified atom stereocenters. The van der Waals surface area contributed by atoms with E-state index < -0.39 is 0 Å². The van der Waals surface area contributed by atoms with Gasteiger partial charge in [0.15, 0.2) is 0 Å². The topological polar surface area (TPSA) is 17.8 Å². The third-order valence-corrected chi connectivity index (χ3v) is 5.13. The molecule has 1 aromatic heterocycles. The summed E-state index contributed by atoms with van der Waals surface area (Å²) in [4.78, 5) is 0. The van der Waals surface area contributed by atoms with Crippen LogP contribution in [0, 0.1) is 0 Å². The van der Waals surface area contributed by atoms with Crippen LogP contribution in [0.15, 0.2) is 24.4 Å². The second-order valence-corrected chi connectivity index (χ2v) is 6.58. The number of halogens is 1. The van der Waals surface area contributed by atoms with E-state index in [1.807, 2.05) is 10.9 Å². The first kappa shape index (κ1) is 12.8. The van der Waals surface area contributed by atoms with E-state index in [1.54, 1.807) is 0 Å². The number of hydrogen-bond donors (Lipinski definition) is 0. The van der Waals surface area contributed by atoms with E-state index in [0.29, 0.717) is 6.04 Å². The monoisotopic (exact) mass is 282 g/mol. The van der Waals surface area contributed by atoms with Gasteiger partial charge >= 0.3 is 0 Å². The van der Waals surface area contributed by atoms with Crippen LogP contribution >= 0.6 is 20.8 Å². The molecular weight excluding hydrogens is 267 g/mol. The fourth-order valence-corrected chi connectivity index (χ4v) is 2.56. The Bertz CT molecular complexity index is 551. The van der Waals surface area contributed by atoms with E-state index in [9.17, 15) is 0 Å². The lowest BCUT2D eigenvalue weighted by molar-refractivity contribution is 0.534. The number of rotatable bonds is 2. The highest BCUT2D eigenvalue weighted by Gasteiger charge is 2.11. The van der Waals surface area contributed by atoms with Gasteiger partial charge in [-0.1, -0.05) is 35.0 Å². The molecule has 5 heteroatoms. The molecule has 0 bridgehead atoms. The third kappa shape index (κ3) is 2.62. The summed E-state index contributed by atoms with van der Waals surface area (Å²) in [6.45, 7) is 4.19. The molecule has 1 atom stereocenters. The van der Waals surface area contributed by atoms with E-state index in [-0.39, 0.29) is 0 Å². The van der Waals surface area contributed by atoms with Crippen LogP contribution in [-0.2, 0) is 0 Å². The van der Waals surface area contributed by atoms with Crippen molar-refractivity contribution in [3.8, 4) is 11.3 Å². The van der Waals surface area contributed by atoms with Crippen LogP contribution in [0.1, 0.15) is 19.9 Å². The Morgan fingerprint density at radius 3 is 2.65 bits per heavy atom. The summed E-state index contributed by atoms with van der Waals surface area (Å²) in [7, 11) is 3.78. The van der Waals surface area contributed by atoms with Crippen molar-refractivity contribution in [3.05, 3.63) is 29.4 Å². The number of benzene rings is 1. The summed E-state index contributed by atoms with van der Waals surface area (Å²) >= 11 is 6.24. The van der Waals surface area contributed by atoms with Crippen LogP contribution < -0.4 is 10.5 Å². The minimum absolute atomic E-state index is 0.331. The van der Waals surface area contributed by atoms with Gasteiger partial charge in [0.25, 0.3) is 0 Å². The summed E-state index contributed by atoms with van der Waals surface area (Å²) < 4.78 is 1.90. The summed E-state index contributed by atoms with van der Waals surface area (Å²) in [6, 6.07) is 6.68. The predicted octanol–water partition coefficient (Wildman–Crippen LogP) is 1.28. The van der Waals surface area contributed by atoms with Crippen molar-refractivity contribution in [3.63, 3.8) is 0 Å². The first-order valence-corrected chi connectivity index (χ1v) is 7.55. The van der Waals surface area contributed by atoms with Gasteiger partial charge in [0, 0.05) is 28.0 Å². The van der Waals surface area contributed by atoms with Crippen LogP contribution in [0.5, 0.6) is 0 Å². The summed E-state index contributed by atoms with van der Waals surface area (Å²) in [5, 5.41) is 7.89. The van der Waals surface area contributed by atoms with Crippen molar-refractivity contribution in [1.29, 1.82) is 0 Å². The predicted molar refractivity (Wildman–Crippen MR) is 82.0 cm³/mol. The molecule has 2 nitrogen and oxygen atoms in total. The molecule has 0 radical (unpaired) electrons. The molecule has 17 heavy (non-hydrogen) atoms. The van der Waals surface area contributed by atoms with Crippen LogP contribution in [0.2, 0.25) is 5.02 Å². The zero-order valence-electron chi connectivity index (χ0n) is 10.2. The second kappa shape index (κ2) is 4.93. The van der Waals surface area contributed by atoms with Crippen molar-refractivity contribution in [2.75, 3.05) is 0 Å². The SMILES string of the molecule is CC(C)n1cc(Cl)c(-c2ccc(P)c([SiH3])c2)n1. The van der Waals surface area contributed by atoms with E-state index in [2.05, 4.69) is 46.4 Å². The molecule has 0 aliphatic heterocycles. The minimum atomic E-state index is 0.331. The standard InChI is InChI=1S/C12H16ClN2PSi/c1-7(2)15-6-9(13)12(14-15)8-3-4-10(16)11(17)5-8/h3-7H,16H2,1-2,17H3. The van der Waals surface area contributed by atoms with Crippen LogP contribution in [0.3, 0.4) is 0 Å². The van der Waals surface area contributed by atoms with Crippen molar-refractivity contribution in [1.82, 2.24) is 9.78 Å². The summed E-state index contributed by atoms with van der Waals surface area (Å²) in [5.74, 6) is 0. The van der Waals surface area contributed by atoms with Crippen molar-refractivity contribution >= 4 is 41.6 Å². The van der Waals surface area contributed by atoms with Gasteiger partial charge in [-0.15, -0.1) is 9.24 Å². The van der Waals surface area contributed by atoms with Crippen LogP contribution in [0.25, 0.3) is 11.3 Å². The van der Waals surface area contributed by atoms with Crippen molar-refractivity contribution in [2.24, 2.45) is 0 Å². The normalized spacial score (nSPS) is 11.4. The third-order valence-electron chi connectivity index (χ3n) is 2.76. The van der Waals surface area contributed by atoms with Gasteiger partial charge in [-0.05, 0) is 19.2 Å². The maximum absolute atomic E-state index is 6.24. The maximum atomic E-state index is 6.24. The van der Waals surface area contributed by atoms with Gasteiger partial charge in [-0.25, -0.2) is 0 Å². The van der Waals surface area contributed by atoms with Crippen molar-refractivity contribution < 1.29 is 0 Å². The number of hydrogen-bond acceptors (Lipinski definition) is 1. The average molecular weight is 283 g/mol. The van der Waals surface area contributed by atoms with Gasteiger partial charge in [0.1, 0.15) is 5.69 Å². The van der Waals surface area contributed by atoms with Gasteiger partial charge in [-0.3, -0.25) is 4.68 Å². The molecule has 1 aromatic carbocycles. The molecule has 0 saturated carbocycles. The summed E-state index contributed by atoms with van der Waals surface area (Å²) in [5.41, 5.74) is 1.98. The van der Waals surface area contributed by atoms with Gasteiger partial charge < -0.3 is 0 Å². The Kier molecular flexibility index (Phi) is 3.72. The highest BCUT2D eigenvalue weighted by atomic mass is 35.5. The summed E-state index contributed by atoms with van der Waals surface area (Å²) in [6.07, 6.45) is 1.89. The lowest BCUT2D eigenvalue weighted by atomic mass is 10.1. The molecule has 0 amide bonds. The van der Waals surface area contributed by atoms with E-state index in [1.165, 1.54) is 10.5 Å². The smallest absolute Gasteiger partial charge is 0.111 e. The molecule has 0 spiro atoms. The van der Waals surface area contributed by atoms with E-state index in [0.717, 1.165) is 26.5 Å². The van der Waals surface area contributed by atoms with Gasteiger partial charge in [0.2, 0.25) is 0 Å². The second-order valence-electron chi connectivity index (χ2n) is 4.47. The molecule has 90 valence electrons. The maximum Gasteiger partial charge on any atom is 0.111 e. The van der Waals surface area contributed by atoms with Crippen molar-refractivity contribution in [2.45, 2.75) is 19.9 Å². The zero-order chi connectivity index (χ0) is 12.6. The Labute approximate surface area is 112 Å². The zero-order valence-corrected chi connectivity index (χ0v) is 14.1. The number of aromatic nitrogens is 2. The first-order chi connectivity index (χ1) is 7.99. The Balaban J connectivity index is 2.49. The molecule has 0 fully saturated rings. The van der Waals surface area contributed by atoms with E-state index in [4.69, 9.17) is 11.6 Å². The lowest BCUT2D eigenvalue weighted by Crippen LogP contribution is -2.18. The largest absolute Gasteiger partial charge is 0.268 e. The fraction of sp³-hybridized carbons (Fsp3) is 0.250. The Morgan fingerprint density at radius 1 is 1.41 bits per heavy atom. The quantitative estimate of drug-likeness (QED) is 0.599. The molecule has 1 heterocycles. The average Bonchev–Trinajstić information content (AvgIpc) is 2.65. The molecule has 2 rings (SSSR count). The minimum Gasteiger partial charge on any atom is -0.268 e. The highest BCUT2D eigenvalue weighted by molar-refractivity contribution is 7.28. The Hall–Kier alpha value is -0.633. The Morgan fingerprint density at radius 2 is 2.12 bits per heavy atom. The van der Waals surface area contributed by atoms with Crippen LogP contribution in [-0.4, -0.2) is 20.0 Å². The molecule has 0 saturated heterocycles. The fourth-order valence-electron chi connectivity index (χ4n) is 1.65. The number of nitrogens with zero attached hydrogens (tertiary/aromatic N) is 2. The van der Waals surface area contributed by atoms with E-state index >= 15 is 0 Å². The lowest BCUT2D eigenvalue weighted by Gasteiger charge is -2.05. The van der Waals surface area contributed by atoms with Gasteiger partial charge in [-0.2, -0.15) is 5.10 Å². The molecular formula is C12H16ClN2PSi. The van der Waals surface area contributed by atoms with Crippen LogP contribution in [0.4, 0.5) is 0 Å². The highest BCUT2D eigenvalue weighted by Crippen LogP contribution is 2.26. The molecule has 0 N–H and O–H groups in total.